The Kier molecular flexibility index (Phi) is 3.83. The average molecular weight is 274 g/mol. The normalized spacial score (nSPS) is 22.1. The van der Waals surface area contributed by atoms with Crippen LogP contribution in [0.4, 0.5) is 5.69 Å². The minimum atomic E-state index is 0.515. The van der Waals surface area contributed by atoms with Gasteiger partial charge < -0.3 is 5.32 Å². The summed E-state index contributed by atoms with van der Waals surface area (Å²) >= 11 is 1.91. The zero-order valence-electron chi connectivity index (χ0n) is 11.6. The molecule has 0 aromatic heterocycles. The number of rotatable bonds is 1. The van der Waals surface area contributed by atoms with Crippen molar-refractivity contribution in [3.63, 3.8) is 0 Å². The third-order valence-electron chi connectivity index (χ3n) is 4.26. The van der Waals surface area contributed by atoms with Gasteiger partial charge in [-0.2, -0.15) is 0 Å². The number of amidine groups is 1. The molecule has 2 nitrogen and oxygen atoms in total. The molecule has 1 aromatic carbocycles. The molecule has 1 aromatic rings. The summed E-state index contributed by atoms with van der Waals surface area (Å²) in [6.45, 7) is 3.15. The molecule has 3 heteroatoms. The van der Waals surface area contributed by atoms with Crippen molar-refractivity contribution in [2.75, 3.05) is 17.6 Å². The van der Waals surface area contributed by atoms with Crippen LogP contribution in [0, 0.1) is 12.3 Å². The molecule has 0 bridgehead atoms. The lowest BCUT2D eigenvalue weighted by Gasteiger charge is -2.38. The summed E-state index contributed by atoms with van der Waals surface area (Å²) in [4.78, 5) is 4.80. The summed E-state index contributed by atoms with van der Waals surface area (Å²) in [5.74, 6) is 1.24. The summed E-state index contributed by atoms with van der Waals surface area (Å²) in [7, 11) is 0. The Morgan fingerprint density at radius 2 is 2.05 bits per heavy atom. The highest BCUT2D eigenvalue weighted by Gasteiger charge is 2.34. The van der Waals surface area contributed by atoms with Crippen LogP contribution in [0.5, 0.6) is 0 Å². The maximum Gasteiger partial charge on any atom is 0.161 e. The number of benzene rings is 1. The van der Waals surface area contributed by atoms with E-state index in [0.29, 0.717) is 5.41 Å². The van der Waals surface area contributed by atoms with Crippen LogP contribution in [0.15, 0.2) is 29.3 Å². The quantitative estimate of drug-likeness (QED) is 0.817. The van der Waals surface area contributed by atoms with E-state index >= 15 is 0 Å². The van der Waals surface area contributed by atoms with E-state index < -0.39 is 0 Å². The molecule has 0 unspecified atom stereocenters. The first-order valence-corrected chi connectivity index (χ1v) is 8.25. The lowest BCUT2D eigenvalue weighted by molar-refractivity contribution is 0.232. The molecule has 0 radical (unpaired) electrons. The van der Waals surface area contributed by atoms with Crippen molar-refractivity contribution in [2.24, 2.45) is 10.4 Å². The van der Waals surface area contributed by atoms with Crippen molar-refractivity contribution in [1.29, 1.82) is 0 Å². The van der Waals surface area contributed by atoms with Gasteiger partial charge in [0.2, 0.25) is 0 Å². The first-order valence-electron chi connectivity index (χ1n) is 7.27. The van der Waals surface area contributed by atoms with E-state index in [4.69, 9.17) is 4.99 Å². The van der Waals surface area contributed by atoms with Crippen molar-refractivity contribution in [1.82, 2.24) is 0 Å². The Morgan fingerprint density at radius 1 is 1.21 bits per heavy atom. The van der Waals surface area contributed by atoms with Gasteiger partial charge in [0.25, 0.3) is 0 Å². The molecule has 1 aliphatic carbocycles. The van der Waals surface area contributed by atoms with Crippen LogP contribution in [0.3, 0.4) is 0 Å². The number of aliphatic imine (C=N–C) groups is 1. The molecule has 19 heavy (non-hydrogen) atoms. The van der Waals surface area contributed by atoms with Gasteiger partial charge in [-0.3, -0.25) is 4.99 Å². The molecule has 1 heterocycles. The Balaban J connectivity index is 1.64. The van der Waals surface area contributed by atoms with Crippen LogP contribution in [0.2, 0.25) is 0 Å². The van der Waals surface area contributed by atoms with Crippen molar-refractivity contribution in [2.45, 2.75) is 39.0 Å². The molecule has 3 rings (SSSR count). The van der Waals surface area contributed by atoms with Crippen molar-refractivity contribution in [3.8, 4) is 0 Å². The SMILES string of the molecule is Cc1cccc(NC2=NCC3(CCCCC3)CS2)c1. The van der Waals surface area contributed by atoms with E-state index in [1.807, 2.05) is 11.8 Å². The molecule has 2 aliphatic rings. The first-order chi connectivity index (χ1) is 9.26. The van der Waals surface area contributed by atoms with E-state index in [1.54, 1.807) is 0 Å². The molecule has 1 saturated carbocycles. The highest BCUT2D eigenvalue weighted by atomic mass is 32.2. The van der Waals surface area contributed by atoms with Crippen molar-refractivity contribution < 1.29 is 0 Å². The van der Waals surface area contributed by atoms with Gasteiger partial charge in [0.15, 0.2) is 5.17 Å². The predicted octanol–water partition coefficient (Wildman–Crippen LogP) is 4.46. The van der Waals surface area contributed by atoms with E-state index in [-0.39, 0.29) is 0 Å². The van der Waals surface area contributed by atoms with Gasteiger partial charge in [-0.25, -0.2) is 0 Å². The Labute approximate surface area is 120 Å². The first kappa shape index (κ1) is 13.0. The Morgan fingerprint density at radius 3 is 2.74 bits per heavy atom. The lowest BCUT2D eigenvalue weighted by atomic mass is 9.75. The van der Waals surface area contributed by atoms with E-state index in [0.717, 1.165) is 17.4 Å². The molecule has 1 fully saturated rings. The fourth-order valence-electron chi connectivity index (χ4n) is 3.08. The molecule has 1 N–H and O–H groups in total. The van der Waals surface area contributed by atoms with Crippen LogP contribution in [-0.4, -0.2) is 17.5 Å². The summed E-state index contributed by atoms with van der Waals surface area (Å²) < 4.78 is 0. The van der Waals surface area contributed by atoms with Gasteiger partial charge >= 0.3 is 0 Å². The monoisotopic (exact) mass is 274 g/mol. The molecule has 1 spiro atoms. The number of hydrogen-bond acceptors (Lipinski definition) is 3. The molecule has 102 valence electrons. The fourth-order valence-corrected chi connectivity index (χ4v) is 4.25. The highest BCUT2D eigenvalue weighted by Crippen LogP contribution is 2.41. The van der Waals surface area contributed by atoms with Gasteiger partial charge in [-0.05, 0) is 42.9 Å². The second-order valence-corrected chi connectivity index (χ2v) is 6.93. The number of nitrogens with zero attached hydrogens (tertiary/aromatic N) is 1. The second-order valence-electron chi connectivity index (χ2n) is 5.97. The Hall–Kier alpha value is -0.960. The van der Waals surface area contributed by atoms with Crippen LogP contribution < -0.4 is 5.32 Å². The zero-order chi connectivity index (χ0) is 13.1. The number of aryl methyl sites for hydroxylation is 1. The van der Waals surface area contributed by atoms with E-state index in [2.05, 4.69) is 36.5 Å². The molecular formula is C16H22N2S. The number of hydrogen-bond donors (Lipinski definition) is 1. The Bertz CT molecular complexity index is 475. The minimum Gasteiger partial charge on any atom is -0.335 e. The van der Waals surface area contributed by atoms with Gasteiger partial charge in [0.05, 0.1) is 0 Å². The fraction of sp³-hybridized carbons (Fsp3) is 0.562. The van der Waals surface area contributed by atoms with Crippen molar-refractivity contribution in [3.05, 3.63) is 29.8 Å². The summed E-state index contributed by atoms with van der Waals surface area (Å²) in [6, 6.07) is 8.50. The van der Waals surface area contributed by atoms with E-state index in [1.165, 1.54) is 43.4 Å². The third kappa shape index (κ3) is 3.14. The molecule has 0 atom stereocenters. The standard InChI is InChI=1S/C16H22N2S/c1-13-6-5-7-14(10-13)18-15-17-11-16(12-19-15)8-3-2-4-9-16/h5-7,10H,2-4,8-9,11-12H2,1H3,(H,17,18). The van der Waals surface area contributed by atoms with Crippen LogP contribution in [0.1, 0.15) is 37.7 Å². The van der Waals surface area contributed by atoms with Gasteiger partial charge in [0.1, 0.15) is 0 Å². The van der Waals surface area contributed by atoms with Gasteiger partial charge in [-0.1, -0.05) is 43.2 Å². The lowest BCUT2D eigenvalue weighted by Crippen LogP contribution is -2.35. The minimum absolute atomic E-state index is 0.515. The highest BCUT2D eigenvalue weighted by molar-refractivity contribution is 8.14. The van der Waals surface area contributed by atoms with Crippen LogP contribution in [-0.2, 0) is 0 Å². The van der Waals surface area contributed by atoms with Gasteiger partial charge in [-0.15, -0.1) is 0 Å². The maximum absolute atomic E-state index is 4.80. The molecular weight excluding hydrogens is 252 g/mol. The van der Waals surface area contributed by atoms with Crippen LogP contribution >= 0.6 is 11.8 Å². The molecule has 0 saturated heterocycles. The average Bonchev–Trinajstić information content (AvgIpc) is 2.43. The van der Waals surface area contributed by atoms with Crippen molar-refractivity contribution >= 4 is 22.6 Å². The summed E-state index contributed by atoms with van der Waals surface area (Å²) in [5, 5.41) is 4.56. The predicted molar refractivity (Wildman–Crippen MR) is 85.1 cm³/mol. The van der Waals surface area contributed by atoms with Gasteiger partial charge in [0, 0.05) is 18.0 Å². The summed E-state index contributed by atoms with van der Waals surface area (Å²) in [5.41, 5.74) is 2.96. The van der Waals surface area contributed by atoms with E-state index in [9.17, 15) is 0 Å². The smallest absolute Gasteiger partial charge is 0.161 e. The maximum atomic E-state index is 4.80. The number of nitrogens with one attached hydrogen (secondary N) is 1. The number of anilines is 1. The third-order valence-corrected chi connectivity index (χ3v) is 5.52. The van der Waals surface area contributed by atoms with Crippen LogP contribution in [0.25, 0.3) is 0 Å². The molecule has 1 aliphatic heterocycles. The largest absolute Gasteiger partial charge is 0.335 e. The second kappa shape index (κ2) is 5.58. The molecule has 0 amide bonds. The summed E-state index contributed by atoms with van der Waals surface area (Å²) in [6.07, 6.45) is 6.97. The topological polar surface area (TPSA) is 24.4 Å². The zero-order valence-corrected chi connectivity index (χ0v) is 12.4. The number of thioether (sulfide) groups is 1.